The van der Waals surface area contributed by atoms with E-state index in [9.17, 15) is 18.5 Å². The summed E-state index contributed by atoms with van der Waals surface area (Å²) in [6.45, 7) is 3.99. The third kappa shape index (κ3) is 5.30. The number of nitro benzene ring substituents is 1. The fourth-order valence-electron chi connectivity index (χ4n) is 2.66. The molecule has 0 unspecified atom stereocenters. The van der Waals surface area contributed by atoms with Crippen molar-refractivity contribution in [1.82, 2.24) is 4.31 Å². The topological polar surface area (TPSA) is 108 Å². The highest BCUT2D eigenvalue weighted by atomic mass is 32.2. The Kier molecular flexibility index (Phi) is 7.29. The van der Waals surface area contributed by atoms with Crippen LogP contribution in [-0.4, -0.2) is 51.0 Å². The van der Waals surface area contributed by atoms with Crippen LogP contribution in [-0.2, 0) is 10.0 Å². The van der Waals surface area contributed by atoms with Crippen LogP contribution in [0.1, 0.15) is 19.4 Å². The molecule has 0 amide bonds. The van der Waals surface area contributed by atoms with Gasteiger partial charge in [0.25, 0.3) is 5.69 Å². The van der Waals surface area contributed by atoms with E-state index in [1.807, 2.05) is 43.3 Å². The van der Waals surface area contributed by atoms with Gasteiger partial charge >= 0.3 is 0 Å². The molecule has 0 atom stereocenters. The van der Waals surface area contributed by atoms with Crippen LogP contribution in [0.5, 0.6) is 0 Å². The van der Waals surface area contributed by atoms with Gasteiger partial charge in [0, 0.05) is 38.9 Å². The lowest BCUT2D eigenvalue weighted by Crippen LogP contribution is -2.30. The highest BCUT2D eigenvalue weighted by Crippen LogP contribution is 2.29. The molecule has 2 aromatic rings. The molecule has 1 N–H and O–H groups in total. The molecule has 0 fully saturated rings. The Bertz CT molecular complexity index is 984. The fraction of sp³-hybridized carbons (Fsp3) is 0.316. The summed E-state index contributed by atoms with van der Waals surface area (Å²) in [6, 6.07) is 11.3. The van der Waals surface area contributed by atoms with E-state index >= 15 is 0 Å². The Hall–Kier alpha value is -2.98. The molecule has 156 valence electrons. The number of hydrazone groups is 1. The second kappa shape index (κ2) is 9.48. The molecule has 0 aliphatic heterocycles. The minimum absolute atomic E-state index is 0.106. The van der Waals surface area contributed by atoms with Crippen LogP contribution in [0.4, 0.5) is 17.1 Å². The number of benzene rings is 2. The van der Waals surface area contributed by atoms with Crippen LogP contribution in [0.15, 0.2) is 52.5 Å². The molecule has 0 bridgehead atoms. The summed E-state index contributed by atoms with van der Waals surface area (Å²) >= 11 is 0. The van der Waals surface area contributed by atoms with Gasteiger partial charge in [-0.05, 0) is 29.8 Å². The van der Waals surface area contributed by atoms with Gasteiger partial charge < -0.3 is 4.90 Å². The lowest BCUT2D eigenvalue weighted by atomic mass is 10.2. The van der Waals surface area contributed by atoms with E-state index in [4.69, 9.17) is 0 Å². The molecule has 0 spiro atoms. The quantitative estimate of drug-likeness (QED) is 0.380. The van der Waals surface area contributed by atoms with Gasteiger partial charge in [0.05, 0.1) is 16.0 Å². The molecule has 2 rings (SSSR count). The number of nitrogens with zero attached hydrogens (tertiary/aromatic N) is 4. The maximum Gasteiger partial charge on any atom is 0.295 e. The molecule has 0 saturated carbocycles. The first-order valence-electron chi connectivity index (χ1n) is 9.05. The number of anilines is 2. The SMILES string of the molecule is CCN(CC)S(=O)(=O)c1ccc(N/N=C/c2ccc(N(C)C)cc2)c([N+](=O)[O-])c1. The van der Waals surface area contributed by atoms with Crippen LogP contribution < -0.4 is 10.3 Å². The third-order valence-electron chi connectivity index (χ3n) is 4.32. The summed E-state index contributed by atoms with van der Waals surface area (Å²) in [4.78, 5) is 12.7. The van der Waals surface area contributed by atoms with Crippen molar-refractivity contribution in [1.29, 1.82) is 0 Å². The smallest absolute Gasteiger partial charge is 0.295 e. The number of hydrogen-bond acceptors (Lipinski definition) is 7. The molecule has 2 aromatic carbocycles. The van der Waals surface area contributed by atoms with Crippen molar-refractivity contribution in [2.45, 2.75) is 18.7 Å². The van der Waals surface area contributed by atoms with E-state index < -0.39 is 14.9 Å². The maximum atomic E-state index is 12.6. The van der Waals surface area contributed by atoms with Crippen molar-refractivity contribution >= 4 is 33.3 Å². The minimum Gasteiger partial charge on any atom is -0.378 e. The maximum absolute atomic E-state index is 12.6. The fourth-order valence-corrected chi connectivity index (χ4v) is 4.14. The van der Waals surface area contributed by atoms with E-state index in [-0.39, 0.29) is 29.4 Å². The van der Waals surface area contributed by atoms with Gasteiger partial charge in [-0.3, -0.25) is 15.5 Å². The average Bonchev–Trinajstić information content (AvgIpc) is 2.69. The van der Waals surface area contributed by atoms with Crippen LogP contribution in [0.3, 0.4) is 0 Å². The monoisotopic (exact) mass is 419 g/mol. The van der Waals surface area contributed by atoms with Gasteiger partial charge in [0.15, 0.2) is 0 Å². The zero-order valence-corrected chi connectivity index (χ0v) is 17.7. The predicted octanol–water partition coefficient (Wildman–Crippen LogP) is 3.14. The summed E-state index contributed by atoms with van der Waals surface area (Å²) in [5, 5.41) is 15.5. The summed E-state index contributed by atoms with van der Waals surface area (Å²) in [6.07, 6.45) is 1.53. The van der Waals surface area contributed by atoms with Gasteiger partial charge in [-0.25, -0.2) is 8.42 Å². The normalized spacial score (nSPS) is 11.8. The van der Waals surface area contributed by atoms with E-state index in [0.29, 0.717) is 0 Å². The molecular formula is C19H25N5O4S. The summed E-state index contributed by atoms with van der Waals surface area (Å²) in [5.74, 6) is 0. The van der Waals surface area contributed by atoms with E-state index in [2.05, 4.69) is 10.5 Å². The molecule has 0 saturated heterocycles. The summed E-state index contributed by atoms with van der Waals surface area (Å²) < 4.78 is 26.5. The van der Waals surface area contributed by atoms with Gasteiger partial charge in [0.1, 0.15) is 5.69 Å². The van der Waals surface area contributed by atoms with E-state index in [1.165, 1.54) is 22.7 Å². The molecule has 0 radical (unpaired) electrons. The van der Waals surface area contributed by atoms with Gasteiger partial charge in [-0.15, -0.1) is 0 Å². The lowest BCUT2D eigenvalue weighted by Gasteiger charge is -2.18. The molecule has 0 aliphatic carbocycles. The van der Waals surface area contributed by atoms with Crippen molar-refractivity contribution in [3.05, 3.63) is 58.1 Å². The molecular weight excluding hydrogens is 394 g/mol. The average molecular weight is 420 g/mol. The van der Waals surface area contributed by atoms with Crippen molar-refractivity contribution < 1.29 is 13.3 Å². The van der Waals surface area contributed by atoms with Crippen LogP contribution in [0.2, 0.25) is 0 Å². The third-order valence-corrected chi connectivity index (χ3v) is 6.36. The summed E-state index contributed by atoms with van der Waals surface area (Å²) in [5.41, 5.74) is 4.22. The Morgan fingerprint density at radius 2 is 1.72 bits per heavy atom. The minimum atomic E-state index is -3.79. The van der Waals surface area contributed by atoms with Gasteiger partial charge in [-0.2, -0.15) is 9.41 Å². The molecule has 29 heavy (non-hydrogen) atoms. The number of hydrogen-bond donors (Lipinski definition) is 1. The molecule has 0 aliphatic rings. The van der Waals surface area contributed by atoms with Crippen molar-refractivity contribution in [3.63, 3.8) is 0 Å². The lowest BCUT2D eigenvalue weighted by molar-refractivity contribution is -0.384. The first-order valence-corrected chi connectivity index (χ1v) is 10.5. The molecule has 0 heterocycles. The van der Waals surface area contributed by atoms with Crippen LogP contribution in [0.25, 0.3) is 0 Å². The van der Waals surface area contributed by atoms with Crippen molar-refractivity contribution in [2.75, 3.05) is 37.5 Å². The standard InChI is InChI=1S/C19H25N5O4S/c1-5-23(6-2)29(27,28)17-11-12-18(19(13-17)24(25)26)21-20-14-15-7-9-16(10-8-15)22(3)4/h7-14,21H,5-6H2,1-4H3/b20-14+. The first-order chi connectivity index (χ1) is 13.7. The Labute approximate surface area is 170 Å². The predicted molar refractivity (Wildman–Crippen MR) is 115 cm³/mol. The second-order valence-corrected chi connectivity index (χ2v) is 8.32. The highest BCUT2D eigenvalue weighted by molar-refractivity contribution is 7.89. The van der Waals surface area contributed by atoms with Gasteiger partial charge in [-0.1, -0.05) is 26.0 Å². The Morgan fingerprint density at radius 1 is 1.10 bits per heavy atom. The number of sulfonamides is 1. The van der Waals surface area contributed by atoms with Gasteiger partial charge in [0.2, 0.25) is 10.0 Å². The molecule has 9 nitrogen and oxygen atoms in total. The van der Waals surface area contributed by atoms with Crippen molar-refractivity contribution in [2.24, 2.45) is 5.10 Å². The van der Waals surface area contributed by atoms with Crippen LogP contribution >= 0.6 is 0 Å². The number of nitrogens with one attached hydrogen (secondary N) is 1. The Morgan fingerprint density at radius 3 is 2.24 bits per heavy atom. The number of rotatable bonds is 9. The largest absolute Gasteiger partial charge is 0.378 e. The molecule has 0 aromatic heterocycles. The number of nitro groups is 1. The van der Waals surface area contributed by atoms with E-state index in [1.54, 1.807) is 13.8 Å². The van der Waals surface area contributed by atoms with Crippen molar-refractivity contribution in [3.8, 4) is 0 Å². The van der Waals surface area contributed by atoms with E-state index in [0.717, 1.165) is 17.3 Å². The zero-order valence-electron chi connectivity index (χ0n) is 16.9. The zero-order chi connectivity index (χ0) is 21.6. The second-order valence-electron chi connectivity index (χ2n) is 6.38. The Balaban J connectivity index is 2.26. The summed E-state index contributed by atoms with van der Waals surface area (Å²) in [7, 11) is 0.0868. The molecule has 10 heteroatoms. The highest BCUT2D eigenvalue weighted by Gasteiger charge is 2.25. The van der Waals surface area contributed by atoms with Crippen LogP contribution in [0, 0.1) is 10.1 Å². The first kappa shape index (κ1) is 22.3.